The number of esters is 1. The molecular weight excluding hydrogens is 248 g/mol. The van der Waals surface area contributed by atoms with Crippen LogP contribution in [0.2, 0.25) is 0 Å². The summed E-state index contributed by atoms with van der Waals surface area (Å²) < 4.78 is 15.0. The third kappa shape index (κ3) is 4.62. The second-order valence-electron chi connectivity index (χ2n) is 3.83. The van der Waals surface area contributed by atoms with E-state index in [4.69, 9.17) is 14.2 Å². The van der Waals surface area contributed by atoms with Crippen molar-refractivity contribution in [3.8, 4) is 11.5 Å². The first-order valence-electron chi connectivity index (χ1n) is 6.02. The highest BCUT2D eigenvalue weighted by atomic mass is 16.5. The Kier molecular flexibility index (Phi) is 5.85. The van der Waals surface area contributed by atoms with Crippen molar-refractivity contribution in [2.45, 2.75) is 19.8 Å². The van der Waals surface area contributed by atoms with Gasteiger partial charge < -0.3 is 14.2 Å². The normalized spacial score (nSPS) is 9.84. The molecule has 0 aliphatic carbocycles. The molecule has 0 bridgehead atoms. The molecule has 1 aromatic rings. The van der Waals surface area contributed by atoms with Gasteiger partial charge in [0.15, 0.2) is 5.78 Å². The molecule has 0 aliphatic rings. The van der Waals surface area contributed by atoms with Crippen LogP contribution in [0.5, 0.6) is 11.5 Å². The molecule has 1 aromatic carbocycles. The van der Waals surface area contributed by atoms with E-state index in [0.717, 1.165) is 0 Å². The molecule has 0 fully saturated rings. The molecule has 0 heterocycles. The SMILES string of the molecule is CCOC(=O)CCC(=O)c1cc(OC)cc(OC)c1. The summed E-state index contributed by atoms with van der Waals surface area (Å²) in [6.45, 7) is 2.05. The lowest BCUT2D eigenvalue weighted by atomic mass is 10.1. The van der Waals surface area contributed by atoms with Gasteiger partial charge in [0.05, 0.1) is 27.2 Å². The van der Waals surface area contributed by atoms with Crippen LogP contribution in [0.1, 0.15) is 30.1 Å². The van der Waals surface area contributed by atoms with Crippen molar-refractivity contribution in [3.05, 3.63) is 23.8 Å². The molecule has 19 heavy (non-hydrogen) atoms. The second kappa shape index (κ2) is 7.41. The zero-order valence-electron chi connectivity index (χ0n) is 11.4. The van der Waals surface area contributed by atoms with Gasteiger partial charge in [-0.15, -0.1) is 0 Å². The van der Waals surface area contributed by atoms with E-state index in [1.165, 1.54) is 14.2 Å². The number of rotatable bonds is 7. The van der Waals surface area contributed by atoms with E-state index in [9.17, 15) is 9.59 Å². The van der Waals surface area contributed by atoms with E-state index < -0.39 is 0 Å². The van der Waals surface area contributed by atoms with E-state index >= 15 is 0 Å². The van der Waals surface area contributed by atoms with Crippen molar-refractivity contribution in [3.63, 3.8) is 0 Å². The fourth-order valence-electron chi connectivity index (χ4n) is 1.56. The van der Waals surface area contributed by atoms with Gasteiger partial charge in [-0.2, -0.15) is 0 Å². The minimum absolute atomic E-state index is 0.0756. The molecule has 0 amide bonds. The maximum Gasteiger partial charge on any atom is 0.306 e. The maximum absolute atomic E-state index is 12.0. The first kappa shape index (κ1) is 15.0. The zero-order chi connectivity index (χ0) is 14.3. The Morgan fingerprint density at radius 1 is 1.00 bits per heavy atom. The van der Waals surface area contributed by atoms with Gasteiger partial charge in [0.1, 0.15) is 11.5 Å². The largest absolute Gasteiger partial charge is 0.497 e. The molecule has 0 unspecified atom stereocenters. The van der Waals surface area contributed by atoms with E-state index in [0.29, 0.717) is 23.7 Å². The summed E-state index contributed by atoms with van der Waals surface area (Å²) in [6, 6.07) is 4.92. The summed E-state index contributed by atoms with van der Waals surface area (Å²) in [5.74, 6) is 0.564. The first-order chi connectivity index (χ1) is 9.10. The van der Waals surface area contributed by atoms with Crippen LogP contribution in [0.15, 0.2) is 18.2 Å². The molecule has 0 radical (unpaired) electrons. The molecule has 0 spiro atoms. The number of ether oxygens (including phenoxy) is 3. The fourth-order valence-corrected chi connectivity index (χ4v) is 1.56. The van der Waals surface area contributed by atoms with Crippen LogP contribution in [0, 0.1) is 0 Å². The lowest BCUT2D eigenvalue weighted by Gasteiger charge is -2.07. The highest BCUT2D eigenvalue weighted by Gasteiger charge is 2.12. The van der Waals surface area contributed by atoms with Gasteiger partial charge in [0, 0.05) is 18.1 Å². The van der Waals surface area contributed by atoms with E-state index in [2.05, 4.69) is 0 Å². The summed E-state index contributed by atoms with van der Waals surface area (Å²) in [5, 5.41) is 0. The minimum atomic E-state index is -0.370. The molecule has 5 nitrogen and oxygen atoms in total. The van der Waals surface area contributed by atoms with Gasteiger partial charge in [-0.25, -0.2) is 0 Å². The van der Waals surface area contributed by atoms with Crippen molar-refractivity contribution in [2.24, 2.45) is 0 Å². The van der Waals surface area contributed by atoms with Crippen molar-refractivity contribution < 1.29 is 23.8 Å². The van der Waals surface area contributed by atoms with Gasteiger partial charge >= 0.3 is 5.97 Å². The Morgan fingerprint density at radius 3 is 2.05 bits per heavy atom. The predicted octanol–water partition coefficient (Wildman–Crippen LogP) is 2.23. The molecule has 5 heteroatoms. The maximum atomic E-state index is 12.0. The molecule has 104 valence electrons. The number of hydrogen-bond donors (Lipinski definition) is 0. The summed E-state index contributed by atoms with van der Waals surface area (Å²) in [6.07, 6.45) is 0.182. The number of ketones is 1. The smallest absolute Gasteiger partial charge is 0.306 e. The molecule has 0 aromatic heterocycles. The standard InChI is InChI=1S/C14H18O5/c1-4-19-14(16)6-5-13(15)10-7-11(17-2)9-12(8-10)18-3/h7-9H,4-6H2,1-3H3. The van der Waals surface area contributed by atoms with Gasteiger partial charge in [-0.1, -0.05) is 0 Å². The fraction of sp³-hybridized carbons (Fsp3) is 0.429. The van der Waals surface area contributed by atoms with Crippen molar-refractivity contribution >= 4 is 11.8 Å². The first-order valence-corrected chi connectivity index (χ1v) is 6.02. The summed E-state index contributed by atoms with van der Waals surface area (Å²) >= 11 is 0. The summed E-state index contributed by atoms with van der Waals surface area (Å²) in [7, 11) is 3.03. The van der Waals surface area contributed by atoms with Crippen LogP contribution in [0.4, 0.5) is 0 Å². The van der Waals surface area contributed by atoms with Crippen LogP contribution in [0.25, 0.3) is 0 Å². The monoisotopic (exact) mass is 266 g/mol. The zero-order valence-corrected chi connectivity index (χ0v) is 11.4. The highest BCUT2D eigenvalue weighted by molar-refractivity contribution is 5.98. The topological polar surface area (TPSA) is 61.8 Å². The molecule has 0 atom stereocenters. The second-order valence-corrected chi connectivity index (χ2v) is 3.83. The van der Waals surface area contributed by atoms with Gasteiger partial charge in [0.25, 0.3) is 0 Å². The Balaban J connectivity index is 2.73. The molecule has 0 N–H and O–H groups in total. The number of carbonyl (C=O) groups is 2. The third-order valence-corrected chi connectivity index (χ3v) is 2.53. The highest BCUT2D eigenvalue weighted by Crippen LogP contribution is 2.23. The average Bonchev–Trinajstić information content (AvgIpc) is 2.44. The van der Waals surface area contributed by atoms with Gasteiger partial charge in [0.2, 0.25) is 0 Å². The Morgan fingerprint density at radius 2 is 1.58 bits per heavy atom. The Bertz CT molecular complexity index is 431. The van der Waals surface area contributed by atoms with Crippen LogP contribution in [0.3, 0.4) is 0 Å². The van der Waals surface area contributed by atoms with Crippen LogP contribution in [-0.2, 0) is 9.53 Å². The summed E-state index contributed by atoms with van der Waals surface area (Å²) in [4.78, 5) is 23.2. The molecular formula is C14H18O5. The third-order valence-electron chi connectivity index (χ3n) is 2.53. The van der Waals surface area contributed by atoms with Gasteiger partial charge in [-0.05, 0) is 19.1 Å². The van der Waals surface area contributed by atoms with Crippen molar-refractivity contribution in [1.82, 2.24) is 0 Å². The molecule has 1 rings (SSSR count). The Hall–Kier alpha value is -2.04. The van der Waals surface area contributed by atoms with E-state index in [1.807, 2.05) is 0 Å². The number of methoxy groups -OCH3 is 2. The van der Waals surface area contributed by atoms with Crippen LogP contribution >= 0.6 is 0 Å². The van der Waals surface area contributed by atoms with Crippen LogP contribution < -0.4 is 9.47 Å². The lowest BCUT2D eigenvalue weighted by molar-refractivity contribution is -0.143. The van der Waals surface area contributed by atoms with E-state index in [1.54, 1.807) is 25.1 Å². The number of hydrogen-bond acceptors (Lipinski definition) is 5. The quantitative estimate of drug-likeness (QED) is 0.559. The minimum Gasteiger partial charge on any atom is -0.497 e. The number of benzene rings is 1. The summed E-state index contributed by atoms with van der Waals surface area (Å²) in [5.41, 5.74) is 0.459. The molecule has 0 saturated carbocycles. The number of Topliss-reactive ketones (excluding diaryl/α,β-unsaturated/α-hetero) is 1. The number of carbonyl (C=O) groups excluding carboxylic acids is 2. The molecule has 0 aliphatic heterocycles. The van der Waals surface area contributed by atoms with E-state index in [-0.39, 0.29) is 24.6 Å². The van der Waals surface area contributed by atoms with Crippen molar-refractivity contribution in [1.29, 1.82) is 0 Å². The van der Waals surface area contributed by atoms with Gasteiger partial charge in [-0.3, -0.25) is 9.59 Å². The average molecular weight is 266 g/mol. The van der Waals surface area contributed by atoms with Crippen LogP contribution in [-0.4, -0.2) is 32.6 Å². The lowest BCUT2D eigenvalue weighted by Crippen LogP contribution is -2.08. The van der Waals surface area contributed by atoms with Crippen molar-refractivity contribution in [2.75, 3.05) is 20.8 Å². The molecule has 0 saturated heterocycles. The predicted molar refractivity (Wildman–Crippen MR) is 69.7 cm³/mol. The Labute approximate surface area is 112 Å².